The predicted molar refractivity (Wildman–Crippen MR) is 75.5 cm³/mol. The highest BCUT2D eigenvalue weighted by Gasteiger charge is 2.26. The first-order valence-electron chi connectivity index (χ1n) is 6.77. The Morgan fingerprint density at radius 3 is 2.50 bits per heavy atom. The number of carbonyl (C=O) groups is 2. The van der Waals surface area contributed by atoms with Crippen LogP contribution >= 0.6 is 11.6 Å². The molecule has 0 saturated carbocycles. The van der Waals surface area contributed by atoms with Gasteiger partial charge in [0.2, 0.25) is 0 Å². The summed E-state index contributed by atoms with van der Waals surface area (Å²) in [6, 6.07) is 1.37. The van der Waals surface area contributed by atoms with Crippen LogP contribution < -0.4 is 5.32 Å². The van der Waals surface area contributed by atoms with E-state index in [1.165, 1.54) is 4.90 Å². The normalized spacial score (nSPS) is 15.7. The number of carbonyl (C=O) groups excluding carboxylic acids is 1. The van der Waals surface area contributed by atoms with Crippen molar-refractivity contribution < 1.29 is 23.5 Å². The van der Waals surface area contributed by atoms with Crippen molar-refractivity contribution in [1.29, 1.82) is 0 Å². The van der Waals surface area contributed by atoms with Gasteiger partial charge in [-0.3, -0.25) is 4.79 Å². The van der Waals surface area contributed by atoms with E-state index in [2.05, 4.69) is 5.32 Å². The number of carboxylic acids is 1. The van der Waals surface area contributed by atoms with Gasteiger partial charge in [-0.2, -0.15) is 0 Å². The molecule has 1 aliphatic heterocycles. The van der Waals surface area contributed by atoms with Gasteiger partial charge in [-0.1, -0.05) is 11.6 Å². The van der Waals surface area contributed by atoms with Crippen LogP contribution in [0.2, 0.25) is 5.02 Å². The predicted octanol–water partition coefficient (Wildman–Crippen LogP) is 2.62. The van der Waals surface area contributed by atoms with Gasteiger partial charge in [0.25, 0.3) is 0 Å². The van der Waals surface area contributed by atoms with E-state index in [9.17, 15) is 18.4 Å². The summed E-state index contributed by atoms with van der Waals surface area (Å²) in [5, 5.41) is 11.1. The SMILES string of the molecule is O=C(O)C1CCN(C(=O)NCc2cc(F)c(Cl)cc2F)CC1. The maximum absolute atomic E-state index is 13.6. The quantitative estimate of drug-likeness (QED) is 0.836. The van der Waals surface area contributed by atoms with Crippen molar-refractivity contribution in [1.82, 2.24) is 10.2 Å². The number of nitrogens with one attached hydrogen (secondary N) is 1. The average molecular weight is 333 g/mol. The van der Waals surface area contributed by atoms with E-state index in [0.29, 0.717) is 25.9 Å². The van der Waals surface area contributed by atoms with Gasteiger partial charge in [0.1, 0.15) is 11.6 Å². The molecule has 1 fully saturated rings. The minimum atomic E-state index is -0.862. The number of urea groups is 1. The fourth-order valence-corrected chi connectivity index (χ4v) is 2.46. The Morgan fingerprint density at radius 1 is 1.27 bits per heavy atom. The van der Waals surface area contributed by atoms with Crippen molar-refractivity contribution in [3.8, 4) is 0 Å². The molecule has 120 valence electrons. The van der Waals surface area contributed by atoms with E-state index < -0.39 is 29.6 Å². The Kier molecular flexibility index (Phi) is 5.18. The molecule has 2 N–H and O–H groups in total. The van der Waals surface area contributed by atoms with E-state index in [1.807, 2.05) is 0 Å². The van der Waals surface area contributed by atoms with Crippen LogP contribution in [0.1, 0.15) is 18.4 Å². The summed E-state index contributed by atoms with van der Waals surface area (Å²) in [6.07, 6.45) is 0.763. The molecule has 0 aromatic heterocycles. The molecule has 0 radical (unpaired) electrons. The minimum absolute atomic E-state index is 0.00401. The fourth-order valence-electron chi connectivity index (χ4n) is 2.31. The molecule has 1 saturated heterocycles. The van der Waals surface area contributed by atoms with E-state index in [-0.39, 0.29) is 17.1 Å². The molecule has 8 heteroatoms. The van der Waals surface area contributed by atoms with Crippen LogP contribution in [-0.2, 0) is 11.3 Å². The maximum Gasteiger partial charge on any atom is 0.317 e. The summed E-state index contributed by atoms with van der Waals surface area (Å²) < 4.78 is 26.9. The summed E-state index contributed by atoms with van der Waals surface area (Å²) >= 11 is 5.45. The van der Waals surface area contributed by atoms with E-state index in [4.69, 9.17) is 16.7 Å². The molecule has 1 aliphatic rings. The molecule has 22 heavy (non-hydrogen) atoms. The molecule has 5 nitrogen and oxygen atoms in total. The Balaban J connectivity index is 1.89. The largest absolute Gasteiger partial charge is 0.481 e. The molecule has 1 heterocycles. The molecule has 0 atom stereocenters. The van der Waals surface area contributed by atoms with Crippen LogP contribution in [0.25, 0.3) is 0 Å². The maximum atomic E-state index is 13.6. The Labute approximate surface area is 130 Å². The van der Waals surface area contributed by atoms with Crippen LogP contribution in [0.3, 0.4) is 0 Å². The second-order valence-electron chi connectivity index (χ2n) is 5.12. The van der Waals surface area contributed by atoms with Crippen LogP contribution in [0.15, 0.2) is 12.1 Å². The first kappa shape index (κ1) is 16.5. The van der Waals surface area contributed by atoms with Crippen LogP contribution in [-0.4, -0.2) is 35.1 Å². The lowest BCUT2D eigenvalue weighted by molar-refractivity contribution is -0.143. The van der Waals surface area contributed by atoms with Crippen molar-refractivity contribution in [2.75, 3.05) is 13.1 Å². The number of hydrogen-bond acceptors (Lipinski definition) is 2. The van der Waals surface area contributed by atoms with Gasteiger partial charge in [-0.25, -0.2) is 13.6 Å². The number of carboxylic acid groups (broad SMARTS) is 1. The standard InChI is InChI=1S/C14H15ClF2N2O3/c15-10-6-11(16)9(5-12(10)17)7-18-14(22)19-3-1-8(2-4-19)13(20)21/h5-6,8H,1-4,7H2,(H,18,22)(H,20,21). The van der Waals surface area contributed by atoms with Gasteiger partial charge < -0.3 is 15.3 Å². The Morgan fingerprint density at radius 2 is 1.91 bits per heavy atom. The summed E-state index contributed by atoms with van der Waals surface area (Å²) in [7, 11) is 0. The zero-order chi connectivity index (χ0) is 16.3. The average Bonchev–Trinajstić information content (AvgIpc) is 2.49. The first-order chi connectivity index (χ1) is 10.4. The third-order valence-corrected chi connectivity index (χ3v) is 3.94. The van der Waals surface area contributed by atoms with E-state index in [1.54, 1.807) is 0 Å². The number of rotatable bonds is 3. The number of amides is 2. The van der Waals surface area contributed by atoms with Crippen molar-refractivity contribution in [2.45, 2.75) is 19.4 Å². The molecular weight excluding hydrogens is 318 g/mol. The number of halogens is 3. The molecule has 0 spiro atoms. The lowest BCUT2D eigenvalue weighted by atomic mass is 9.97. The molecular formula is C14H15ClF2N2O3. The molecule has 0 aliphatic carbocycles. The molecule has 1 aromatic rings. The second kappa shape index (κ2) is 6.91. The Bertz CT molecular complexity index is 590. The summed E-state index contributed by atoms with van der Waals surface area (Å²) in [4.78, 5) is 24.2. The number of likely N-dealkylation sites (tertiary alicyclic amines) is 1. The fraction of sp³-hybridized carbons (Fsp3) is 0.429. The molecule has 1 aromatic carbocycles. The van der Waals surface area contributed by atoms with Gasteiger partial charge in [-0.05, 0) is 25.0 Å². The van der Waals surface area contributed by atoms with Crippen LogP contribution in [0.4, 0.5) is 13.6 Å². The highest BCUT2D eigenvalue weighted by Crippen LogP contribution is 2.20. The zero-order valence-electron chi connectivity index (χ0n) is 11.6. The van der Waals surface area contributed by atoms with Crippen molar-refractivity contribution in [3.63, 3.8) is 0 Å². The number of aliphatic carboxylic acids is 1. The number of benzene rings is 1. The zero-order valence-corrected chi connectivity index (χ0v) is 12.4. The van der Waals surface area contributed by atoms with Gasteiger partial charge in [-0.15, -0.1) is 0 Å². The number of hydrogen-bond donors (Lipinski definition) is 2. The van der Waals surface area contributed by atoms with Crippen molar-refractivity contribution >= 4 is 23.6 Å². The number of nitrogens with zero attached hydrogens (tertiary/aromatic N) is 1. The molecule has 0 bridgehead atoms. The smallest absolute Gasteiger partial charge is 0.317 e. The van der Waals surface area contributed by atoms with Crippen LogP contribution in [0.5, 0.6) is 0 Å². The lowest BCUT2D eigenvalue weighted by Gasteiger charge is -2.30. The second-order valence-corrected chi connectivity index (χ2v) is 5.52. The van der Waals surface area contributed by atoms with Crippen LogP contribution in [0, 0.1) is 17.6 Å². The summed E-state index contributed by atoms with van der Waals surface area (Å²) in [5.74, 6) is -2.75. The van der Waals surface area contributed by atoms with E-state index >= 15 is 0 Å². The summed E-state index contributed by atoms with van der Waals surface area (Å²) in [6.45, 7) is 0.470. The monoisotopic (exact) mass is 332 g/mol. The summed E-state index contributed by atoms with van der Waals surface area (Å²) in [5.41, 5.74) is -0.00401. The van der Waals surface area contributed by atoms with Crippen molar-refractivity contribution in [2.24, 2.45) is 5.92 Å². The topological polar surface area (TPSA) is 69.6 Å². The van der Waals surface area contributed by atoms with Gasteiger partial charge >= 0.3 is 12.0 Å². The van der Waals surface area contributed by atoms with Gasteiger partial charge in [0, 0.05) is 25.2 Å². The highest BCUT2D eigenvalue weighted by atomic mass is 35.5. The van der Waals surface area contributed by atoms with E-state index in [0.717, 1.165) is 12.1 Å². The third-order valence-electron chi connectivity index (χ3n) is 3.65. The molecule has 0 unspecified atom stereocenters. The van der Waals surface area contributed by atoms with Gasteiger partial charge in [0.05, 0.1) is 10.9 Å². The van der Waals surface area contributed by atoms with Crippen molar-refractivity contribution in [3.05, 3.63) is 34.4 Å². The van der Waals surface area contributed by atoms with Gasteiger partial charge in [0.15, 0.2) is 0 Å². The Hall–Kier alpha value is -1.89. The minimum Gasteiger partial charge on any atom is -0.481 e. The number of piperidine rings is 1. The highest BCUT2D eigenvalue weighted by molar-refractivity contribution is 6.30. The first-order valence-corrected chi connectivity index (χ1v) is 7.15. The lowest BCUT2D eigenvalue weighted by Crippen LogP contribution is -2.45. The third kappa shape index (κ3) is 3.85. The molecule has 2 rings (SSSR count). The molecule has 2 amide bonds.